The van der Waals surface area contributed by atoms with Gasteiger partial charge in [0.05, 0.1) is 18.5 Å². The van der Waals surface area contributed by atoms with Gasteiger partial charge in [0.2, 0.25) is 5.91 Å². The Morgan fingerprint density at radius 1 is 1.23 bits per heavy atom. The van der Waals surface area contributed by atoms with Gasteiger partial charge in [-0.1, -0.05) is 42.1 Å². The number of hydrogen-bond acceptors (Lipinski definition) is 7. The zero-order valence-electron chi connectivity index (χ0n) is 17.5. The summed E-state index contributed by atoms with van der Waals surface area (Å²) in [7, 11) is 1.89. The highest BCUT2D eigenvalue weighted by atomic mass is 32.2. The third-order valence-corrected chi connectivity index (χ3v) is 6.11. The molecule has 1 aromatic carbocycles. The van der Waals surface area contributed by atoms with E-state index in [0.717, 1.165) is 31.0 Å². The number of hydrogen-bond donors (Lipinski definition) is 1. The normalized spacial score (nSPS) is 16.9. The van der Waals surface area contributed by atoms with Gasteiger partial charge in [0, 0.05) is 51.2 Å². The molecule has 0 radical (unpaired) electrons. The van der Waals surface area contributed by atoms with Crippen molar-refractivity contribution in [2.75, 3.05) is 32.0 Å². The van der Waals surface area contributed by atoms with Crippen LogP contribution in [0.25, 0.3) is 11.4 Å². The van der Waals surface area contributed by atoms with E-state index < -0.39 is 0 Å². The smallest absolute Gasteiger partial charge is 0.230 e. The van der Waals surface area contributed by atoms with Crippen molar-refractivity contribution in [3.8, 4) is 11.4 Å². The van der Waals surface area contributed by atoms with E-state index in [4.69, 9.17) is 4.74 Å². The molecular formula is C22H26N6O2S. The van der Waals surface area contributed by atoms with Gasteiger partial charge in [0.1, 0.15) is 0 Å². The van der Waals surface area contributed by atoms with Crippen LogP contribution in [0.15, 0.2) is 60.0 Å². The lowest BCUT2D eigenvalue weighted by Crippen LogP contribution is -2.47. The number of rotatable bonds is 8. The molecule has 1 aliphatic heterocycles. The number of ether oxygens (including phenoxy) is 1. The van der Waals surface area contributed by atoms with Crippen molar-refractivity contribution in [2.45, 2.75) is 17.8 Å². The molecule has 1 N–H and O–H groups in total. The minimum Gasteiger partial charge on any atom is -0.374 e. The first-order valence-electron chi connectivity index (χ1n) is 10.3. The summed E-state index contributed by atoms with van der Waals surface area (Å²) >= 11 is 1.37. The van der Waals surface area contributed by atoms with Crippen molar-refractivity contribution >= 4 is 17.7 Å². The molecule has 1 aliphatic rings. The molecule has 162 valence electrons. The van der Waals surface area contributed by atoms with Crippen LogP contribution in [0.3, 0.4) is 0 Å². The van der Waals surface area contributed by atoms with E-state index in [9.17, 15) is 4.79 Å². The Labute approximate surface area is 186 Å². The van der Waals surface area contributed by atoms with Crippen LogP contribution in [-0.4, -0.2) is 68.7 Å². The number of morpholine rings is 1. The van der Waals surface area contributed by atoms with E-state index >= 15 is 0 Å². The van der Waals surface area contributed by atoms with Crippen molar-refractivity contribution in [3.63, 3.8) is 0 Å². The van der Waals surface area contributed by atoms with Gasteiger partial charge < -0.3 is 14.6 Å². The van der Waals surface area contributed by atoms with E-state index in [1.807, 2.05) is 29.8 Å². The zero-order chi connectivity index (χ0) is 21.5. The van der Waals surface area contributed by atoms with Crippen LogP contribution in [0.1, 0.15) is 5.56 Å². The highest BCUT2D eigenvalue weighted by molar-refractivity contribution is 7.99. The number of benzene rings is 1. The third kappa shape index (κ3) is 5.90. The number of amides is 1. The second kappa shape index (κ2) is 10.5. The molecule has 1 amide bonds. The van der Waals surface area contributed by atoms with Gasteiger partial charge in [0.25, 0.3) is 0 Å². The number of aromatic nitrogens is 4. The molecule has 0 bridgehead atoms. The minimum atomic E-state index is -0.0419. The van der Waals surface area contributed by atoms with Crippen LogP contribution in [-0.2, 0) is 23.1 Å². The quantitative estimate of drug-likeness (QED) is 0.538. The van der Waals surface area contributed by atoms with Crippen LogP contribution in [0.2, 0.25) is 0 Å². The molecule has 0 saturated carbocycles. The first kappa shape index (κ1) is 21.5. The molecule has 0 unspecified atom stereocenters. The zero-order valence-corrected chi connectivity index (χ0v) is 18.3. The Hall–Kier alpha value is -2.75. The Bertz CT molecular complexity index is 982. The van der Waals surface area contributed by atoms with E-state index in [0.29, 0.717) is 18.3 Å². The fourth-order valence-electron chi connectivity index (χ4n) is 3.48. The van der Waals surface area contributed by atoms with E-state index in [2.05, 4.69) is 49.7 Å². The van der Waals surface area contributed by atoms with Crippen LogP contribution >= 0.6 is 11.8 Å². The van der Waals surface area contributed by atoms with Gasteiger partial charge in [-0.05, 0) is 17.7 Å². The topological polar surface area (TPSA) is 85.2 Å². The number of thioether (sulfide) groups is 1. The lowest BCUT2D eigenvalue weighted by molar-refractivity contribution is -0.119. The van der Waals surface area contributed by atoms with Gasteiger partial charge in [-0.15, -0.1) is 10.2 Å². The maximum Gasteiger partial charge on any atom is 0.230 e. The Morgan fingerprint density at radius 2 is 2.10 bits per heavy atom. The van der Waals surface area contributed by atoms with Crippen molar-refractivity contribution in [2.24, 2.45) is 7.05 Å². The molecular weight excluding hydrogens is 412 g/mol. The average Bonchev–Trinajstić information content (AvgIpc) is 3.18. The van der Waals surface area contributed by atoms with Gasteiger partial charge >= 0.3 is 0 Å². The second-order valence-corrected chi connectivity index (χ2v) is 8.36. The number of nitrogens with one attached hydrogen (secondary N) is 1. The summed E-state index contributed by atoms with van der Waals surface area (Å²) in [6, 6.07) is 14.2. The molecule has 9 heteroatoms. The van der Waals surface area contributed by atoms with Gasteiger partial charge in [-0.25, -0.2) is 0 Å². The van der Waals surface area contributed by atoms with Crippen molar-refractivity contribution in [3.05, 3.63) is 60.4 Å². The molecule has 3 aromatic rings. The summed E-state index contributed by atoms with van der Waals surface area (Å²) in [5.41, 5.74) is 2.18. The fraction of sp³-hybridized carbons (Fsp3) is 0.364. The summed E-state index contributed by atoms with van der Waals surface area (Å²) in [4.78, 5) is 18.8. The van der Waals surface area contributed by atoms with Crippen LogP contribution in [0.4, 0.5) is 0 Å². The second-order valence-electron chi connectivity index (χ2n) is 7.41. The molecule has 0 spiro atoms. The first-order chi connectivity index (χ1) is 15.2. The summed E-state index contributed by atoms with van der Waals surface area (Å²) in [6.45, 7) is 3.79. The lowest BCUT2D eigenvalue weighted by atomic mass is 10.2. The SMILES string of the molecule is Cn1c(SCC(=O)NC[C@@H]2CN(Cc3ccccc3)CCO2)nnc1-c1cccnc1. The summed E-state index contributed by atoms with van der Waals surface area (Å²) in [5.74, 6) is 0.962. The fourth-order valence-corrected chi connectivity index (χ4v) is 4.23. The molecule has 31 heavy (non-hydrogen) atoms. The number of carbonyl (C=O) groups excluding carboxylic acids is 1. The molecule has 3 heterocycles. The summed E-state index contributed by atoms with van der Waals surface area (Å²) in [6.07, 6.45) is 3.46. The van der Waals surface area contributed by atoms with Crippen molar-refractivity contribution in [1.82, 2.24) is 30.0 Å². The van der Waals surface area contributed by atoms with E-state index in [1.165, 1.54) is 17.3 Å². The van der Waals surface area contributed by atoms with Gasteiger partial charge in [-0.3, -0.25) is 14.7 Å². The maximum atomic E-state index is 12.4. The predicted molar refractivity (Wildman–Crippen MR) is 119 cm³/mol. The third-order valence-electron chi connectivity index (χ3n) is 5.09. The first-order valence-corrected chi connectivity index (χ1v) is 11.2. The predicted octanol–water partition coefficient (Wildman–Crippen LogP) is 1.99. The number of pyridine rings is 1. The van der Waals surface area contributed by atoms with Crippen LogP contribution in [0, 0.1) is 0 Å². The standard InChI is InChI=1S/C22H26N6O2S/c1-27-21(18-8-5-9-23-12-18)25-26-22(27)31-16-20(29)24-13-19-15-28(10-11-30-19)14-17-6-3-2-4-7-17/h2-9,12,19H,10-11,13-16H2,1H3,(H,24,29)/t19-/m1/s1. The largest absolute Gasteiger partial charge is 0.374 e. The molecule has 0 aliphatic carbocycles. The van der Waals surface area contributed by atoms with Gasteiger partial charge in [0.15, 0.2) is 11.0 Å². The Morgan fingerprint density at radius 3 is 2.90 bits per heavy atom. The lowest BCUT2D eigenvalue weighted by Gasteiger charge is -2.33. The van der Waals surface area contributed by atoms with E-state index in [1.54, 1.807) is 12.4 Å². The summed E-state index contributed by atoms with van der Waals surface area (Å²) in [5, 5.41) is 12.1. The molecule has 1 atom stereocenters. The monoisotopic (exact) mass is 438 g/mol. The van der Waals surface area contributed by atoms with E-state index in [-0.39, 0.29) is 17.8 Å². The molecule has 4 rings (SSSR count). The molecule has 1 saturated heterocycles. The molecule has 1 fully saturated rings. The van der Waals surface area contributed by atoms with Crippen molar-refractivity contribution in [1.29, 1.82) is 0 Å². The van der Waals surface area contributed by atoms with Crippen molar-refractivity contribution < 1.29 is 9.53 Å². The maximum absolute atomic E-state index is 12.4. The number of carbonyl (C=O) groups is 1. The Kier molecular flexibility index (Phi) is 7.29. The molecule has 2 aromatic heterocycles. The van der Waals surface area contributed by atoms with Crippen LogP contribution in [0.5, 0.6) is 0 Å². The van der Waals surface area contributed by atoms with Gasteiger partial charge in [-0.2, -0.15) is 0 Å². The molecule has 8 nitrogen and oxygen atoms in total. The minimum absolute atomic E-state index is 0.00146. The summed E-state index contributed by atoms with van der Waals surface area (Å²) < 4.78 is 7.71. The van der Waals surface area contributed by atoms with Crippen LogP contribution < -0.4 is 5.32 Å². The highest BCUT2D eigenvalue weighted by Gasteiger charge is 2.21. The number of nitrogens with zero attached hydrogens (tertiary/aromatic N) is 5. The Balaban J connectivity index is 1.22. The highest BCUT2D eigenvalue weighted by Crippen LogP contribution is 2.21. The average molecular weight is 439 g/mol.